The van der Waals surface area contributed by atoms with Crippen LogP contribution in [-0.4, -0.2) is 120 Å². The quantitative estimate of drug-likeness (QED) is 0.0372. The molecule has 0 bridgehead atoms. The molecule has 0 aromatic heterocycles. The Labute approximate surface area is 307 Å². The third-order valence-electron chi connectivity index (χ3n) is 6.05. The zero-order valence-electron chi connectivity index (χ0n) is 30.0. The van der Waals surface area contributed by atoms with Gasteiger partial charge in [0.1, 0.15) is 5.75 Å². The van der Waals surface area contributed by atoms with E-state index in [2.05, 4.69) is 37.1 Å². The van der Waals surface area contributed by atoms with Crippen LogP contribution in [0.15, 0.2) is 24.3 Å². The van der Waals surface area contributed by atoms with Crippen LogP contribution in [0.3, 0.4) is 0 Å². The molecule has 0 fully saturated rings. The van der Waals surface area contributed by atoms with Crippen molar-refractivity contribution in [2.24, 2.45) is 11.5 Å². The molecule has 0 aliphatic heterocycles. The number of hydrogen-bond acceptors (Lipinski definition) is 13. The first-order chi connectivity index (χ1) is 23.8. The summed E-state index contributed by atoms with van der Waals surface area (Å²) in [7, 11) is 1.50. The highest BCUT2D eigenvalue weighted by molar-refractivity contribution is 8.16. The van der Waals surface area contributed by atoms with Gasteiger partial charge in [0.05, 0.1) is 50.8 Å². The number of esters is 1. The van der Waals surface area contributed by atoms with Crippen molar-refractivity contribution in [1.82, 2.24) is 10.6 Å². The van der Waals surface area contributed by atoms with Crippen molar-refractivity contribution < 1.29 is 38.1 Å². The molecule has 12 nitrogen and oxygen atoms in total. The molecule has 1 aromatic carbocycles. The zero-order chi connectivity index (χ0) is 36.4. The predicted octanol–water partition coefficient (Wildman–Crippen LogP) is 4.00. The van der Waals surface area contributed by atoms with E-state index in [9.17, 15) is 14.4 Å². The average Bonchev–Trinajstić information content (AvgIpc) is 3.09. The minimum atomic E-state index is -0.236. The van der Waals surface area contributed by atoms with Gasteiger partial charge < -0.3 is 45.8 Å². The van der Waals surface area contributed by atoms with Gasteiger partial charge in [-0.2, -0.15) is 11.8 Å². The van der Waals surface area contributed by atoms with Gasteiger partial charge in [-0.1, -0.05) is 32.9 Å². The van der Waals surface area contributed by atoms with E-state index in [1.807, 2.05) is 23.9 Å². The van der Waals surface area contributed by atoms with E-state index in [1.165, 1.54) is 7.05 Å². The Morgan fingerprint density at radius 1 is 0.694 bits per heavy atom. The van der Waals surface area contributed by atoms with Gasteiger partial charge in [0.25, 0.3) is 0 Å². The number of nitrogens with one attached hydrogen (secondary N) is 2. The zero-order valence-corrected chi connectivity index (χ0v) is 32.5. The first-order valence-electron chi connectivity index (χ1n) is 17.1. The monoisotopic (exact) mass is 750 g/mol. The van der Waals surface area contributed by atoms with E-state index in [0.717, 1.165) is 30.8 Å². The average molecular weight is 751 g/mol. The van der Waals surface area contributed by atoms with Gasteiger partial charge in [-0.25, -0.2) is 0 Å². The normalized spacial score (nSPS) is 11.5. The number of ether oxygens (including phenoxy) is 5. The molecule has 1 aromatic rings. The Bertz CT molecular complexity index is 911. The summed E-state index contributed by atoms with van der Waals surface area (Å²) in [5.41, 5.74) is 10.9. The molecule has 1 rings (SSSR count). The van der Waals surface area contributed by atoms with Crippen LogP contribution in [0, 0.1) is 0 Å². The van der Waals surface area contributed by atoms with Crippen LogP contribution in [0.4, 0.5) is 0 Å². The lowest BCUT2D eigenvalue weighted by molar-refractivity contribution is -0.134. The Hall–Kier alpha value is -1.56. The van der Waals surface area contributed by atoms with Crippen LogP contribution in [-0.2, 0) is 33.3 Å². The van der Waals surface area contributed by atoms with Crippen LogP contribution in [0.1, 0.15) is 63.0 Å². The molecule has 6 N–H and O–H groups in total. The SMILES string of the molecule is CCCOCCOCCNC(=O)CCSC(SCCC(=O)NCCOCCOCCN)c1ccc(OC(=O)CCCSC(C)C)cc1.CN. The summed E-state index contributed by atoms with van der Waals surface area (Å²) in [5, 5.41) is 6.32. The first-order valence-corrected chi connectivity index (χ1v) is 20.3. The summed E-state index contributed by atoms with van der Waals surface area (Å²) in [6.07, 6.45) is 2.87. The molecule has 0 saturated carbocycles. The third kappa shape index (κ3) is 29.8. The van der Waals surface area contributed by atoms with Crippen molar-refractivity contribution in [1.29, 1.82) is 0 Å². The number of amides is 2. The van der Waals surface area contributed by atoms with E-state index in [0.29, 0.717) is 108 Å². The standard InChI is InChI=1S/C33H57N3O8S3.CH5N/c1-4-16-40-20-22-42-18-14-35-30(37)11-25-46-33(47-26-12-31(38)36-15-19-43-23-21-41-17-13-34)28-7-9-29(10-8-28)44-32(39)6-5-24-45-27(2)3;1-2/h7-10,27,33H,4-6,11-26,34H2,1-3H3,(H,35,37)(H,36,38);2H2,1H3. The number of rotatable bonds is 31. The Morgan fingerprint density at radius 2 is 1.20 bits per heavy atom. The summed E-state index contributed by atoms with van der Waals surface area (Å²) >= 11 is 5.13. The van der Waals surface area contributed by atoms with Gasteiger partial charge in [0.2, 0.25) is 11.8 Å². The minimum absolute atomic E-state index is 0.00304. The van der Waals surface area contributed by atoms with E-state index >= 15 is 0 Å². The van der Waals surface area contributed by atoms with Gasteiger partial charge in [-0.05, 0) is 48.6 Å². The Balaban J connectivity index is 0.0000113. The van der Waals surface area contributed by atoms with E-state index in [4.69, 9.17) is 29.4 Å². The maximum absolute atomic E-state index is 12.4. The summed E-state index contributed by atoms with van der Waals surface area (Å²) in [5.74, 6) is 2.34. The lowest BCUT2D eigenvalue weighted by Gasteiger charge is -2.17. The molecular formula is C34H62N4O8S3. The second-order valence-electron chi connectivity index (χ2n) is 10.6. The molecule has 49 heavy (non-hydrogen) atoms. The molecule has 0 aliphatic rings. The maximum atomic E-state index is 12.4. The lowest BCUT2D eigenvalue weighted by atomic mass is 10.2. The lowest BCUT2D eigenvalue weighted by Crippen LogP contribution is -2.28. The maximum Gasteiger partial charge on any atom is 0.311 e. The summed E-state index contributed by atoms with van der Waals surface area (Å²) in [6.45, 7) is 11.8. The van der Waals surface area contributed by atoms with Crippen LogP contribution in [0.2, 0.25) is 0 Å². The van der Waals surface area contributed by atoms with Gasteiger partial charge in [-0.15, -0.1) is 23.5 Å². The molecule has 2 amide bonds. The molecule has 15 heteroatoms. The van der Waals surface area contributed by atoms with E-state index in [-0.39, 0.29) is 22.4 Å². The summed E-state index contributed by atoms with van der Waals surface area (Å²) in [4.78, 5) is 37.0. The number of carbonyl (C=O) groups is 3. The van der Waals surface area contributed by atoms with E-state index in [1.54, 1.807) is 35.7 Å². The van der Waals surface area contributed by atoms with Crippen LogP contribution < -0.4 is 26.8 Å². The number of carbonyl (C=O) groups excluding carboxylic acids is 3. The molecule has 284 valence electrons. The topological polar surface area (TPSA) is 173 Å². The second-order valence-corrected chi connectivity index (χ2v) is 15.0. The second kappa shape index (κ2) is 34.9. The van der Waals surface area contributed by atoms with Gasteiger partial charge in [0.15, 0.2) is 0 Å². The van der Waals surface area contributed by atoms with Crippen LogP contribution in [0.25, 0.3) is 0 Å². The Kier molecular flexibility index (Phi) is 33.8. The summed E-state index contributed by atoms with van der Waals surface area (Å²) in [6, 6.07) is 7.49. The molecule has 0 saturated heterocycles. The molecule has 0 spiro atoms. The largest absolute Gasteiger partial charge is 0.427 e. The number of nitrogens with two attached hydrogens (primary N) is 2. The fraction of sp³-hybridized carbons (Fsp3) is 0.735. The van der Waals surface area contributed by atoms with Crippen molar-refractivity contribution >= 4 is 53.1 Å². The van der Waals surface area contributed by atoms with Crippen molar-refractivity contribution in [3.8, 4) is 5.75 Å². The Morgan fingerprint density at radius 3 is 1.69 bits per heavy atom. The molecule has 0 aliphatic carbocycles. The van der Waals surface area contributed by atoms with E-state index < -0.39 is 0 Å². The van der Waals surface area contributed by atoms with Gasteiger partial charge in [-0.3, -0.25) is 14.4 Å². The molecule has 0 heterocycles. The van der Waals surface area contributed by atoms with Crippen molar-refractivity contribution in [2.75, 3.05) is 96.8 Å². The molecule has 1 atom stereocenters. The molecular weight excluding hydrogens is 689 g/mol. The highest BCUT2D eigenvalue weighted by Gasteiger charge is 2.16. The van der Waals surface area contributed by atoms with Gasteiger partial charge >= 0.3 is 5.97 Å². The van der Waals surface area contributed by atoms with Crippen molar-refractivity contribution in [3.05, 3.63) is 29.8 Å². The number of thioether (sulfide) groups is 3. The summed E-state index contributed by atoms with van der Waals surface area (Å²) < 4.78 is 27.1. The van der Waals surface area contributed by atoms with Crippen molar-refractivity contribution in [2.45, 2.75) is 62.7 Å². The van der Waals surface area contributed by atoms with Gasteiger partial charge in [0, 0.05) is 57.0 Å². The number of benzene rings is 1. The minimum Gasteiger partial charge on any atom is -0.427 e. The fourth-order valence-electron chi connectivity index (χ4n) is 3.74. The third-order valence-corrected chi connectivity index (χ3v) is 10.1. The van der Waals surface area contributed by atoms with Crippen LogP contribution in [0.5, 0.6) is 5.75 Å². The van der Waals surface area contributed by atoms with Crippen molar-refractivity contribution in [3.63, 3.8) is 0 Å². The van der Waals surface area contributed by atoms with Crippen LogP contribution >= 0.6 is 35.3 Å². The smallest absolute Gasteiger partial charge is 0.311 e. The fourth-order valence-corrected chi connectivity index (χ4v) is 7.22. The first kappa shape index (κ1) is 47.4. The highest BCUT2D eigenvalue weighted by atomic mass is 32.2. The number of hydrogen-bond donors (Lipinski definition) is 4. The molecule has 1 unspecified atom stereocenters. The molecule has 0 radical (unpaired) electrons. The predicted molar refractivity (Wildman–Crippen MR) is 205 cm³/mol. The highest BCUT2D eigenvalue weighted by Crippen LogP contribution is 2.40.